The highest BCUT2D eigenvalue weighted by Crippen LogP contribution is 2.25. The Balaban J connectivity index is 1.26. The molecule has 2 aliphatic rings. The van der Waals surface area contributed by atoms with Gasteiger partial charge in [-0.1, -0.05) is 6.07 Å². The molecule has 0 bridgehead atoms. The van der Waals surface area contributed by atoms with E-state index in [2.05, 4.69) is 20.2 Å². The molecule has 0 aliphatic carbocycles. The topological polar surface area (TPSA) is 119 Å². The number of aromatic nitrogens is 3. The molecule has 3 aromatic rings. The van der Waals surface area contributed by atoms with Crippen molar-refractivity contribution in [2.45, 2.75) is 71.2 Å². The molecule has 2 amide bonds. The number of carbonyl (C=O) groups is 2. The molecule has 1 saturated heterocycles. The van der Waals surface area contributed by atoms with Crippen LogP contribution in [0, 0.1) is 0 Å². The van der Waals surface area contributed by atoms with Crippen LogP contribution in [0.5, 0.6) is 5.75 Å². The molecule has 1 N–H and O–H groups in total. The van der Waals surface area contributed by atoms with E-state index in [0.29, 0.717) is 49.7 Å². The second kappa shape index (κ2) is 11.9. The van der Waals surface area contributed by atoms with Crippen molar-refractivity contribution in [3.8, 4) is 5.75 Å². The molecule has 2 aliphatic heterocycles. The Hall–Kier alpha value is -3.99. The summed E-state index contributed by atoms with van der Waals surface area (Å²) in [7, 11) is 1.58. The minimum atomic E-state index is -0.628. The Morgan fingerprint density at radius 1 is 1.10 bits per heavy atom. The zero-order valence-electron chi connectivity index (χ0n) is 24.2. The molecule has 0 radical (unpaired) electrons. The number of hydrogen-bond donors (Lipinski definition) is 1. The van der Waals surface area contributed by atoms with Crippen LogP contribution in [0.15, 0.2) is 41.3 Å². The first-order valence-electron chi connectivity index (χ1n) is 14.1. The van der Waals surface area contributed by atoms with Gasteiger partial charge < -0.3 is 24.3 Å². The number of likely N-dealkylation sites (tertiary alicyclic amines) is 1. The second-order valence-electron chi connectivity index (χ2n) is 11.6. The first kappa shape index (κ1) is 28.5. The molecule has 0 atom stereocenters. The zero-order valence-corrected chi connectivity index (χ0v) is 24.2. The van der Waals surface area contributed by atoms with Crippen molar-refractivity contribution >= 4 is 28.9 Å². The van der Waals surface area contributed by atoms with E-state index >= 15 is 0 Å². The number of pyridine rings is 3. The van der Waals surface area contributed by atoms with Gasteiger partial charge in [-0.05, 0) is 57.7 Å². The number of piperidine rings is 1. The van der Waals surface area contributed by atoms with Crippen LogP contribution < -0.4 is 15.6 Å². The average Bonchev–Trinajstić information content (AvgIpc) is 2.94. The highest BCUT2D eigenvalue weighted by atomic mass is 16.6. The van der Waals surface area contributed by atoms with Gasteiger partial charge in [0, 0.05) is 50.8 Å². The third-order valence-electron chi connectivity index (χ3n) is 7.56. The number of methoxy groups -OCH3 is 1. The predicted octanol–water partition coefficient (Wildman–Crippen LogP) is 3.59. The Bertz CT molecular complexity index is 1490. The lowest BCUT2D eigenvalue weighted by molar-refractivity contribution is -0.116. The van der Waals surface area contributed by atoms with E-state index < -0.39 is 5.60 Å². The summed E-state index contributed by atoms with van der Waals surface area (Å²) < 4.78 is 12.8. The van der Waals surface area contributed by atoms with E-state index in [1.54, 1.807) is 34.9 Å². The van der Waals surface area contributed by atoms with Crippen molar-refractivity contribution in [1.29, 1.82) is 0 Å². The molecule has 11 heteroatoms. The van der Waals surface area contributed by atoms with Gasteiger partial charge in [0.1, 0.15) is 17.2 Å². The fourth-order valence-electron chi connectivity index (χ4n) is 5.39. The van der Waals surface area contributed by atoms with E-state index in [4.69, 9.17) is 9.47 Å². The van der Waals surface area contributed by atoms with Crippen LogP contribution in [-0.2, 0) is 29.0 Å². The van der Waals surface area contributed by atoms with Gasteiger partial charge in [-0.25, -0.2) is 9.78 Å². The van der Waals surface area contributed by atoms with Crippen molar-refractivity contribution in [3.05, 3.63) is 58.1 Å². The molecule has 5 rings (SSSR count). The summed E-state index contributed by atoms with van der Waals surface area (Å²) in [6, 6.07) is 9.00. The maximum atomic E-state index is 13.3. The smallest absolute Gasteiger partial charge is 0.410 e. The maximum absolute atomic E-state index is 13.3. The second-order valence-corrected chi connectivity index (χ2v) is 11.6. The molecule has 0 aromatic carbocycles. The summed E-state index contributed by atoms with van der Waals surface area (Å²) >= 11 is 0. The van der Waals surface area contributed by atoms with E-state index in [1.807, 2.05) is 39.0 Å². The molecule has 0 saturated carbocycles. The van der Waals surface area contributed by atoms with Gasteiger partial charge in [0.05, 0.1) is 36.6 Å². The Labute approximate surface area is 239 Å². The molecule has 5 heterocycles. The number of carbonyl (C=O) groups excluding carboxylic acids is 2. The summed E-state index contributed by atoms with van der Waals surface area (Å²) in [6.07, 6.45) is 3.92. The summed E-state index contributed by atoms with van der Waals surface area (Å²) in [5, 5.41) is 2.85. The number of rotatable bonds is 7. The molecular formula is C30H38N6O5. The van der Waals surface area contributed by atoms with Crippen LogP contribution in [0.2, 0.25) is 0 Å². The number of fused-ring (bicyclic) bond motifs is 2. The fraction of sp³-hybridized carbons (Fsp3) is 0.500. The van der Waals surface area contributed by atoms with Crippen LogP contribution in [0.4, 0.5) is 10.6 Å². The summed E-state index contributed by atoms with van der Waals surface area (Å²) in [4.78, 5) is 51.1. The number of nitrogens with one attached hydrogen (secondary N) is 1. The average molecular weight is 563 g/mol. The molecule has 218 valence electrons. The summed E-state index contributed by atoms with van der Waals surface area (Å²) in [5.74, 6) is 1.14. The SMILES string of the molecule is COc1cnc2ccc(=O)n(CCN3CCC(N(Cc4ccc5c(n4)NC(=O)CC5)C(=O)OC(C)(C)C)CC3)c2c1. The van der Waals surface area contributed by atoms with Crippen molar-refractivity contribution in [3.63, 3.8) is 0 Å². The third kappa shape index (κ3) is 6.84. The highest BCUT2D eigenvalue weighted by Gasteiger charge is 2.32. The number of hydrogen-bond acceptors (Lipinski definition) is 8. The van der Waals surface area contributed by atoms with Crippen molar-refractivity contribution in [2.24, 2.45) is 0 Å². The van der Waals surface area contributed by atoms with E-state index in [1.165, 1.54) is 0 Å². The summed E-state index contributed by atoms with van der Waals surface area (Å²) in [6.45, 7) is 8.65. The molecular weight excluding hydrogens is 524 g/mol. The fourth-order valence-corrected chi connectivity index (χ4v) is 5.39. The lowest BCUT2D eigenvalue weighted by atomic mass is 10.0. The Kier molecular flexibility index (Phi) is 8.25. The lowest BCUT2D eigenvalue weighted by Gasteiger charge is -2.39. The van der Waals surface area contributed by atoms with Gasteiger partial charge in [0.15, 0.2) is 0 Å². The van der Waals surface area contributed by atoms with Crippen molar-refractivity contribution in [2.75, 3.05) is 32.1 Å². The predicted molar refractivity (Wildman–Crippen MR) is 155 cm³/mol. The van der Waals surface area contributed by atoms with Gasteiger partial charge >= 0.3 is 6.09 Å². The quantitative estimate of drug-likeness (QED) is 0.464. The zero-order chi connectivity index (χ0) is 29.1. The van der Waals surface area contributed by atoms with Crippen molar-refractivity contribution < 1.29 is 19.1 Å². The van der Waals surface area contributed by atoms with Crippen molar-refractivity contribution in [1.82, 2.24) is 24.3 Å². The van der Waals surface area contributed by atoms with E-state index in [9.17, 15) is 14.4 Å². The molecule has 3 aromatic heterocycles. The van der Waals surface area contributed by atoms with Gasteiger partial charge in [0.2, 0.25) is 5.91 Å². The number of aryl methyl sites for hydroxylation is 1. The summed E-state index contributed by atoms with van der Waals surface area (Å²) in [5.41, 5.74) is 2.50. The number of anilines is 1. The van der Waals surface area contributed by atoms with Crippen LogP contribution in [0.25, 0.3) is 11.0 Å². The van der Waals surface area contributed by atoms with Gasteiger partial charge in [0.25, 0.3) is 5.56 Å². The van der Waals surface area contributed by atoms with Crippen LogP contribution >= 0.6 is 0 Å². The molecule has 0 spiro atoms. The minimum Gasteiger partial charge on any atom is -0.495 e. The number of ether oxygens (including phenoxy) is 2. The largest absolute Gasteiger partial charge is 0.495 e. The normalized spacial score (nSPS) is 16.2. The first-order chi connectivity index (χ1) is 19.6. The van der Waals surface area contributed by atoms with E-state index in [0.717, 1.165) is 42.5 Å². The molecule has 1 fully saturated rings. The van der Waals surface area contributed by atoms with Gasteiger partial charge in [-0.15, -0.1) is 0 Å². The van der Waals surface area contributed by atoms with Crippen LogP contribution in [0.1, 0.15) is 51.3 Å². The highest BCUT2D eigenvalue weighted by molar-refractivity contribution is 5.92. The first-order valence-corrected chi connectivity index (χ1v) is 14.1. The van der Waals surface area contributed by atoms with Gasteiger partial charge in [-0.3, -0.25) is 19.5 Å². The van der Waals surface area contributed by atoms with Crippen LogP contribution in [0.3, 0.4) is 0 Å². The standard InChI is InChI=1S/C30H38N6O5/c1-30(2,3)41-29(39)36(19-21-7-5-20-6-9-26(37)33-28(20)32-21)22-11-13-34(14-12-22)15-16-35-25-17-23(40-4)18-31-24(25)8-10-27(35)38/h5,7-8,10,17-18,22H,6,9,11-16,19H2,1-4H3,(H,32,33,37). The van der Waals surface area contributed by atoms with Gasteiger partial charge in [-0.2, -0.15) is 0 Å². The molecule has 41 heavy (non-hydrogen) atoms. The molecule has 0 unspecified atom stereocenters. The monoisotopic (exact) mass is 562 g/mol. The lowest BCUT2D eigenvalue weighted by Crippen LogP contribution is -2.49. The maximum Gasteiger partial charge on any atom is 0.410 e. The Morgan fingerprint density at radius 3 is 2.61 bits per heavy atom. The molecule has 11 nitrogen and oxygen atoms in total. The number of nitrogens with zero attached hydrogens (tertiary/aromatic N) is 5. The minimum absolute atomic E-state index is 0.0257. The third-order valence-corrected chi connectivity index (χ3v) is 7.56. The Morgan fingerprint density at radius 2 is 1.88 bits per heavy atom. The van der Waals surface area contributed by atoms with Crippen LogP contribution in [-0.4, -0.2) is 74.7 Å². The van der Waals surface area contributed by atoms with E-state index in [-0.39, 0.29) is 23.6 Å². The number of amides is 2.